The molecule has 0 saturated carbocycles. The van der Waals surface area contributed by atoms with Gasteiger partial charge in [-0.3, -0.25) is 0 Å². The van der Waals surface area contributed by atoms with E-state index in [-0.39, 0.29) is 0 Å². The van der Waals surface area contributed by atoms with Gasteiger partial charge in [-0.15, -0.1) is 0 Å². The molecule has 0 atom stereocenters. The van der Waals surface area contributed by atoms with Crippen molar-refractivity contribution in [2.45, 2.75) is 0 Å². The molecule has 0 unspecified atom stereocenters. The highest BCUT2D eigenvalue weighted by atomic mass is 28.3. The second-order valence-corrected chi connectivity index (χ2v) is 18.6. The van der Waals surface area contributed by atoms with E-state index in [1.165, 1.54) is 37.1 Å². The van der Waals surface area contributed by atoms with E-state index >= 15 is 0 Å². The summed E-state index contributed by atoms with van der Waals surface area (Å²) in [5.41, 5.74) is 10.3. The van der Waals surface area contributed by atoms with Crippen LogP contribution >= 0.6 is 0 Å². The third-order valence-electron chi connectivity index (χ3n) is 11.9. The number of aromatic nitrogens is 3. The van der Waals surface area contributed by atoms with Crippen molar-refractivity contribution >= 4 is 72.6 Å². The molecule has 12 rings (SSSR count). The van der Waals surface area contributed by atoms with E-state index in [9.17, 15) is 0 Å². The van der Waals surface area contributed by atoms with Gasteiger partial charge in [-0.1, -0.05) is 164 Å². The number of benzene rings is 8. The van der Waals surface area contributed by atoms with Crippen molar-refractivity contribution < 1.29 is 4.42 Å². The molecule has 5 heteroatoms. The van der Waals surface area contributed by atoms with Crippen LogP contribution in [-0.2, 0) is 0 Å². The number of rotatable bonds is 5. The molecule has 57 heavy (non-hydrogen) atoms. The van der Waals surface area contributed by atoms with E-state index in [0.717, 1.165) is 67.0 Å². The number of para-hydroxylation sites is 2. The lowest BCUT2D eigenvalue weighted by Crippen LogP contribution is -2.73. The van der Waals surface area contributed by atoms with Crippen molar-refractivity contribution in [3.05, 3.63) is 200 Å². The summed E-state index contributed by atoms with van der Waals surface area (Å²) < 4.78 is 8.84. The number of hydrogen-bond donors (Lipinski definition) is 0. The molecule has 0 aliphatic carbocycles. The molecule has 0 radical (unpaired) electrons. The third kappa shape index (κ3) is 4.61. The summed E-state index contributed by atoms with van der Waals surface area (Å²) in [6.07, 6.45) is 0. The van der Waals surface area contributed by atoms with Crippen LogP contribution < -0.4 is 20.7 Å². The summed E-state index contributed by atoms with van der Waals surface area (Å²) >= 11 is 0. The molecule has 266 valence electrons. The van der Waals surface area contributed by atoms with Crippen molar-refractivity contribution in [3.63, 3.8) is 0 Å². The van der Waals surface area contributed by atoms with Gasteiger partial charge in [-0.25, -0.2) is 9.97 Å². The van der Waals surface area contributed by atoms with Crippen molar-refractivity contribution in [1.82, 2.24) is 14.5 Å². The summed E-state index contributed by atoms with van der Waals surface area (Å²) in [4.78, 5) is 11.1. The fraction of sp³-hybridized carbons (Fsp3) is 0. The summed E-state index contributed by atoms with van der Waals surface area (Å²) in [7, 11) is -2.94. The van der Waals surface area contributed by atoms with Crippen LogP contribution in [-0.4, -0.2) is 22.6 Å². The topological polar surface area (TPSA) is 43.9 Å². The standard InChI is InChI=1S/C52H33N3OSi/c1-4-17-34(18-5-1)52-53-49(51-50(54-52)41-27-12-15-30-48(41)57(51,37-21-6-2-7-22-37)38-23-8-3-9-24-38)35-19-16-20-36(31-35)55-44-28-13-10-25-39(44)42-32-43-40-26-11-14-29-46(40)56-47(43)33-45(42)55/h1-33H. The van der Waals surface area contributed by atoms with Crippen LogP contribution in [0.4, 0.5) is 0 Å². The fourth-order valence-corrected chi connectivity index (χ4v) is 14.7. The van der Waals surface area contributed by atoms with Gasteiger partial charge in [0.2, 0.25) is 0 Å². The highest BCUT2D eigenvalue weighted by molar-refractivity contribution is 7.22. The van der Waals surface area contributed by atoms with Gasteiger partial charge in [-0.2, -0.15) is 0 Å². The SMILES string of the molecule is c1ccc(-c2nc(-c3cccc(-n4c5ccccc5c5cc6c(cc54)oc4ccccc46)c3)c3c(n2)-c2ccccc2[Si]3(c2ccccc2)c2ccccc2)cc1. The van der Waals surface area contributed by atoms with E-state index in [0.29, 0.717) is 0 Å². The Morgan fingerprint density at radius 1 is 0.421 bits per heavy atom. The number of hydrogen-bond acceptors (Lipinski definition) is 3. The Morgan fingerprint density at radius 2 is 1.05 bits per heavy atom. The van der Waals surface area contributed by atoms with Crippen LogP contribution in [0, 0.1) is 0 Å². The molecule has 0 saturated heterocycles. The maximum atomic E-state index is 6.46. The van der Waals surface area contributed by atoms with Crippen LogP contribution in [0.5, 0.6) is 0 Å². The molecule has 4 nitrogen and oxygen atoms in total. The molecule has 0 spiro atoms. The van der Waals surface area contributed by atoms with Crippen molar-refractivity contribution in [2.24, 2.45) is 0 Å². The Bertz CT molecular complexity index is 3310. The van der Waals surface area contributed by atoms with Crippen LogP contribution in [0.2, 0.25) is 0 Å². The lowest BCUT2D eigenvalue weighted by Gasteiger charge is -2.32. The Morgan fingerprint density at radius 3 is 1.84 bits per heavy atom. The first-order chi connectivity index (χ1) is 28.3. The van der Waals surface area contributed by atoms with Gasteiger partial charge in [0, 0.05) is 55.2 Å². The quantitative estimate of drug-likeness (QED) is 0.165. The van der Waals surface area contributed by atoms with E-state index < -0.39 is 8.07 Å². The Labute approximate surface area is 330 Å². The van der Waals surface area contributed by atoms with E-state index in [2.05, 4.69) is 187 Å². The zero-order chi connectivity index (χ0) is 37.5. The molecular formula is C52H33N3OSi. The predicted octanol–water partition coefficient (Wildman–Crippen LogP) is 10.2. The zero-order valence-electron chi connectivity index (χ0n) is 30.8. The molecule has 11 aromatic rings. The molecule has 0 fully saturated rings. The molecule has 8 aromatic carbocycles. The molecule has 1 aliphatic rings. The minimum absolute atomic E-state index is 0.722. The largest absolute Gasteiger partial charge is 0.456 e. The second-order valence-electron chi connectivity index (χ2n) is 14.9. The van der Waals surface area contributed by atoms with Crippen LogP contribution in [0.1, 0.15) is 0 Å². The Hall–Kier alpha value is -7.34. The monoisotopic (exact) mass is 743 g/mol. The second kappa shape index (κ2) is 12.3. The van der Waals surface area contributed by atoms with Crippen molar-refractivity contribution in [3.8, 4) is 39.6 Å². The average molecular weight is 744 g/mol. The van der Waals surface area contributed by atoms with Gasteiger partial charge >= 0.3 is 0 Å². The molecule has 0 N–H and O–H groups in total. The molecule has 3 aromatic heterocycles. The van der Waals surface area contributed by atoms with Gasteiger partial charge < -0.3 is 8.98 Å². The van der Waals surface area contributed by atoms with E-state index in [1.807, 2.05) is 18.2 Å². The average Bonchev–Trinajstić information content (AvgIpc) is 3.92. The zero-order valence-corrected chi connectivity index (χ0v) is 31.8. The highest BCUT2D eigenvalue weighted by Gasteiger charge is 2.51. The van der Waals surface area contributed by atoms with Gasteiger partial charge in [0.1, 0.15) is 11.2 Å². The van der Waals surface area contributed by atoms with Crippen molar-refractivity contribution in [1.29, 1.82) is 0 Å². The maximum Gasteiger partial charge on any atom is 0.185 e. The normalized spacial score (nSPS) is 13.1. The minimum Gasteiger partial charge on any atom is -0.456 e. The molecule has 1 aliphatic heterocycles. The Balaban J connectivity index is 1.18. The third-order valence-corrected chi connectivity index (χ3v) is 16.7. The lowest BCUT2D eigenvalue weighted by atomic mass is 10.1. The maximum absolute atomic E-state index is 6.46. The number of nitrogens with zero attached hydrogens (tertiary/aromatic N) is 3. The molecule has 0 amide bonds. The molecular weight excluding hydrogens is 711 g/mol. The summed E-state index contributed by atoms with van der Waals surface area (Å²) in [6, 6.07) is 72.0. The summed E-state index contributed by atoms with van der Waals surface area (Å²) in [6.45, 7) is 0. The van der Waals surface area contributed by atoms with Crippen molar-refractivity contribution in [2.75, 3.05) is 0 Å². The lowest BCUT2D eigenvalue weighted by molar-refractivity contribution is 0.669. The fourth-order valence-electron chi connectivity index (χ4n) is 9.49. The minimum atomic E-state index is -2.94. The van der Waals surface area contributed by atoms with E-state index in [1.54, 1.807) is 0 Å². The smallest absolute Gasteiger partial charge is 0.185 e. The van der Waals surface area contributed by atoms with Gasteiger partial charge in [0.25, 0.3) is 0 Å². The first-order valence-corrected chi connectivity index (χ1v) is 21.4. The first-order valence-electron chi connectivity index (χ1n) is 19.4. The van der Waals surface area contributed by atoms with Gasteiger partial charge in [-0.05, 0) is 45.9 Å². The Kier molecular flexibility index (Phi) is 6.91. The summed E-state index contributed by atoms with van der Waals surface area (Å²) in [5.74, 6) is 0.722. The van der Waals surface area contributed by atoms with E-state index in [4.69, 9.17) is 14.4 Å². The van der Waals surface area contributed by atoms with Gasteiger partial charge in [0.15, 0.2) is 13.9 Å². The first kappa shape index (κ1) is 32.0. The number of fused-ring (bicyclic) bond motifs is 9. The summed E-state index contributed by atoms with van der Waals surface area (Å²) in [5, 5.41) is 9.85. The van der Waals surface area contributed by atoms with Crippen LogP contribution in [0.3, 0.4) is 0 Å². The van der Waals surface area contributed by atoms with Crippen LogP contribution in [0.25, 0.3) is 83.3 Å². The number of furan rings is 1. The molecule has 0 bridgehead atoms. The molecule has 4 heterocycles. The highest BCUT2D eigenvalue weighted by Crippen LogP contribution is 2.40. The van der Waals surface area contributed by atoms with Gasteiger partial charge in [0.05, 0.1) is 22.4 Å². The predicted molar refractivity (Wildman–Crippen MR) is 237 cm³/mol. The van der Waals surface area contributed by atoms with Crippen LogP contribution in [0.15, 0.2) is 205 Å².